The summed E-state index contributed by atoms with van der Waals surface area (Å²) < 4.78 is 22.3. The third-order valence-electron chi connectivity index (χ3n) is 4.40. The molecule has 2 rings (SSSR count). The highest BCUT2D eigenvalue weighted by molar-refractivity contribution is 7.90. The highest BCUT2D eigenvalue weighted by atomic mass is 35.5. The predicted octanol–water partition coefficient (Wildman–Crippen LogP) is 2.05. The monoisotopic (exact) mass is 389 g/mol. The molecule has 0 spiro atoms. The number of benzene rings is 1. The SMILES string of the molecule is CC1CCN(c2cccc(NC(=O)C(N)CCS(C)(=O)=O)c2)CC1.Cl. The summed E-state index contributed by atoms with van der Waals surface area (Å²) in [4.78, 5) is 14.4. The summed E-state index contributed by atoms with van der Waals surface area (Å²) in [5.41, 5.74) is 7.55. The van der Waals surface area contributed by atoms with Crippen LogP contribution < -0.4 is 16.0 Å². The molecule has 0 radical (unpaired) electrons. The fourth-order valence-electron chi connectivity index (χ4n) is 2.75. The molecule has 1 aromatic carbocycles. The Morgan fingerprint density at radius 3 is 2.60 bits per heavy atom. The van der Waals surface area contributed by atoms with Gasteiger partial charge < -0.3 is 16.0 Å². The first-order valence-corrected chi connectivity index (χ1v) is 10.4. The van der Waals surface area contributed by atoms with Crippen molar-refractivity contribution >= 4 is 39.5 Å². The van der Waals surface area contributed by atoms with E-state index in [9.17, 15) is 13.2 Å². The normalized spacial score (nSPS) is 16.8. The van der Waals surface area contributed by atoms with Crippen LogP contribution in [0.1, 0.15) is 26.2 Å². The molecule has 0 saturated carbocycles. The number of sulfone groups is 1. The van der Waals surface area contributed by atoms with E-state index in [1.54, 1.807) is 0 Å². The Morgan fingerprint density at radius 2 is 2.00 bits per heavy atom. The first-order chi connectivity index (χ1) is 11.2. The van der Waals surface area contributed by atoms with Crippen LogP contribution in [0.4, 0.5) is 11.4 Å². The molecule has 8 heteroatoms. The number of hydrogen-bond acceptors (Lipinski definition) is 5. The van der Waals surface area contributed by atoms with Crippen molar-refractivity contribution in [3.8, 4) is 0 Å². The number of anilines is 2. The van der Waals surface area contributed by atoms with Crippen LogP contribution in [0.15, 0.2) is 24.3 Å². The van der Waals surface area contributed by atoms with Crippen LogP contribution in [-0.4, -0.2) is 45.5 Å². The molecule has 1 aliphatic rings. The molecule has 1 heterocycles. The number of carbonyl (C=O) groups excluding carboxylic acids is 1. The van der Waals surface area contributed by atoms with Gasteiger partial charge in [-0.15, -0.1) is 12.4 Å². The average molecular weight is 390 g/mol. The minimum atomic E-state index is -3.12. The first kappa shape index (κ1) is 21.7. The van der Waals surface area contributed by atoms with Gasteiger partial charge in [-0.3, -0.25) is 4.79 Å². The molecule has 0 aliphatic carbocycles. The number of amides is 1. The zero-order valence-corrected chi connectivity index (χ0v) is 16.4. The van der Waals surface area contributed by atoms with Crippen molar-refractivity contribution < 1.29 is 13.2 Å². The van der Waals surface area contributed by atoms with E-state index in [0.717, 1.165) is 31.0 Å². The van der Waals surface area contributed by atoms with Crippen molar-refractivity contribution in [2.75, 3.05) is 35.3 Å². The van der Waals surface area contributed by atoms with E-state index in [2.05, 4.69) is 17.1 Å². The Hall–Kier alpha value is -1.31. The summed E-state index contributed by atoms with van der Waals surface area (Å²) >= 11 is 0. The van der Waals surface area contributed by atoms with Crippen LogP contribution in [0.2, 0.25) is 0 Å². The second-order valence-electron chi connectivity index (χ2n) is 6.73. The zero-order valence-electron chi connectivity index (χ0n) is 14.8. The molecular weight excluding hydrogens is 362 g/mol. The molecule has 1 unspecified atom stereocenters. The zero-order chi connectivity index (χ0) is 17.7. The molecule has 0 aromatic heterocycles. The van der Waals surface area contributed by atoms with Gasteiger partial charge in [0.15, 0.2) is 0 Å². The first-order valence-electron chi connectivity index (χ1n) is 8.34. The molecular formula is C17H28ClN3O3S. The lowest BCUT2D eigenvalue weighted by atomic mass is 9.99. The van der Waals surface area contributed by atoms with Gasteiger partial charge in [0.05, 0.1) is 11.8 Å². The Balaban J connectivity index is 0.00000312. The number of hydrogen-bond donors (Lipinski definition) is 2. The fourth-order valence-corrected chi connectivity index (χ4v) is 3.44. The number of piperidine rings is 1. The van der Waals surface area contributed by atoms with Crippen LogP contribution in [-0.2, 0) is 14.6 Å². The standard InChI is InChI=1S/C17H27N3O3S.ClH/c1-13-6-9-20(10-7-13)15-5-3-4-14(12-15)19-17(21)16(18)8-11-24(2,22)23;/h3-5,12-13,16H,6-11,18H2,1-2H3,(H,19,21);1H. The summed E-state index contributed by atoms with van der Waals surface area (Å²) in [5, 5.41) is 2.78. The minimum absolute atomic E-state index is 0. The molecule has 3 N–H and O–H groups in total. The third kappa shape index (κ3) is 7.22. The van der Waals surface area contributed by atoms with Gasteiger partial charge in [0.2, 0.25) is 5.91 Å². The lowest BCUT2D eigenvalue weighted by Gasteiger charge is -2.32. The number of halogens is 1. The lowest BCUT2D eigenvalue weighted by molar-refractivity contribution is -0.117. The molecule has 1 aliphatic heterocycles. The van der Waals surface area contributed by atoms with Crippen LogP contribution in [0.3, 0.4) is 0 Å². The quantitative estimate of drug-likeness (QED) is 0.776. The van der Waals surface area contributed by atoms with Crippen LogP contribution in [0.5, 0.6) is 0 Å². The lowest BCUT2D eigenvalue weighted by Crippen LogP contribution is -2.37. The topological polar surface area (TPSA) is 92.5 Å². The van der Waals surface area contributed by atoms with Gasteiger partial charge in [-0.25, -0.2) is 8.42 Å². The average Bonchev–Trinajstić information content (AvgIpc) is 2.52. The molecule has 0 bridgehead atoms. The van der Waals surface area contributed by atoms with Crippen molar-refractivity contribution in [2.24, 2.45) is 11.7 Å². The van der Waals surface area contributed by atoms with E-state index in [-0.39, 0.29) is 30.5 Å². The predicted molar refractivity (Wildman–Crippen MR) is 105 cm³/mol. The molecule has 1 aromatic rings. The van der Waals surface area contributed by atoms with Crippen LogP contribution >= 0.6 is 12.4 Å². The number of nitrogens with one attached hydrogen (secondary N) is 1. The second-order valence-corrected chi connectivity index (χ2v) is 8.99. The summed E-state index contributed by atoms with van der Waals surface area (Å²) in [7, 11) is -3.12. The van der Waals surface area contributed by atoms with Gasteiger partial charge in [-0.1, -0.05) is 13.0 Å². The Morgan fingerprint density at radius 1 is 1.36 bits per heavy atom. The van der Waals surface area contributed by atoms with E-state index in [1.807, 2.05) is 24.3 Å². The molecule has 1 amide bonds. The Kier molecular flexibility index (Phi) is 8.18. The summed E-state index contributed by atoms with van der Waals surface area (Å²) in [6.07, 6.45) is 3.61. The van der Waals surface area contributed by atoms with Crippen LogP contribution in [0, 0.1) is 5.92 Å². The van der Waals surface area contributed by atoms with E-state index in [0.29, 0.717) is 5.69 Å². The van der Waals surface area contributed by atoms with Crippen molar-refractivity contribution in [1.82, 2.24) is 0 Å². The Bertz CT molecular complexity index is 673. The molecule has 1 saturated heterocycles. The molecule has 6 nitrogen and oxygen atoms in total. The fraction of sp³-hybridized carbons (Fsp3) is 0.588. The third-order valence-corrected chi connectivity index (χ3v) is 5.38. The van der Waals surface area contributed by atoms with Crippen LogP contribution in [0.25, 0.3) is 0 Å². The van der Waals surface area contributed by atoms with Crippen molar-refractivity contribution in [1.29, 1.82) is 0 Å². The maximum absolute atomic E-state index is 12.1. The molecule has 25 heavy (non-hydrogen) atoms. The summed E-state index contributed by atoms with van der Waals surface area (Å²) in [5.74, 6) is 0.313. The van der Waals surface area contributed by atoms with Gasteiger partial charge in [0, 0.05) is 30.7 Å². The van der Waals surface area contributed by atoms with Crippen molar-refractivity contribution in [2.45, 2.75) is 32.2 Å². The van der Waals surface area contributed by atoms with Gasteiger partial charge in [-0.2, -0.15) is 0 Å². The second kappa shape index (κ2) is 9.40. The van der Waals surface area contributed by atoms with Gasteiger partial charge in [0.25, 0.3) is 0 Å². The smallest absolute Gasteiger partial charge is 0.241 e. The summed E-state index contributed by atoms with van der Waals surface area (Å²) in [6, 6.07) is 6.87. The number of carbonyl (C=O) groups is 1. The number of nitrogens with zero attached hydrogens (tertiary/aromatic N) is 1. The van der Waals surface area contributed by atoms with Gasteiger partial charge in [-0.05, 0) is 43.4 Å². The molecule has 142 valence electrons. The maximum atomic E-state index is 12.1. The van der Waals surface area contributed by atoms with E-state index in [1.165, 1.54) is 12.8 Å². The maximum Gasteiger partial charge on any atom is 0.241 e. The minimum Gasteiger partial charge on any atom is -0.371 e. The summed E-state index contributed by atoms with van der Waals surface area (Å²) in [6.45, 7) is 4.31. The highest BCUT2D eigenvalue weighted by Gasteiger charge is 2.18. The largest absolute Gasteiger partial charge is 0.371 e. The molecule has 1 fully saturated rings. The van der Waals surface area contributed by atoms with E-state index >= 15 is 0 Å². The Labute approximate surface area is 156 Å². The number of nitrogens with two attached hydrogens (primary N) is 1. The van der Waals surface area contributed by atoms with Crippen molar-refractivity contribution in [3.05, 3.63) is 24.3 Å². The van der Waals surface area contributed by atoms with E-state index in [4.69, 9.17) is 5.73 Å². The van der Waals surface area contributed by atoms with E-state index < -0.39 is 15.9 Å². The van der Waals surface area contributed by atoms with Gasteiger partial charge >= 0.3 is 0 Å². The number of rotatable bonds is 6. The van der Waals surface area contributed by atoms with Crippen molar-refractivity contribution in [3.63, 3.8) is 0 Å². The van der Waals surface area contributed by atoms with Gasteiger partial charge in [0.1, 0.15) is 9.84 Å². The molecule has 1 atom stereocenters. The highest BCUT2D eigenvalue weighted by Crippen LogP contribution is 2.25.